The number of rotatable bonds is 7. The van der Waals surface area contributed by atoms with Crippen LogP contribution in [0.5, 0.6) is 11.5 Å². The summed E-state index contributed by atoms with van der Waals surface area (Å²) in [6, 6.07) is 3.71. The van der Waals surface area contributed by atoms with Crippen LogP contribution in [0.15, 0.2) is 23.3 Å². The normalized spacial score (nSPS) is 20.8. The van der Waals surface area contributed by atoms with Gasteiger partial charge in [0.2, 0.25) is 5.91 Å². The Morgan fingerprint density at radius 3 is 2.73 bits per heavy atom. The number of nitrogens with one attached hydrogen (secondary N) is 1. The van der Waals surface area contributed by atoms with Crippen LogP contribution < -0.4 is 14.8 Å². The molecule has 1 fully saturated rings. The van der Waals surface area contributed by atoms with E-state index in [4.69, 9.17) is 4.74 Å². The number of ether oxygens (including phenoxy) is 2. The molecule has 2 amide bonds. The first-order valence-electron chi connectivity index (χ1n) is 9.18. The Bertz CT molecular complexity index is 967. The fourth-order valence-electron chi connectivity index (χ4n) is 3.29. The monoisotopic (exact) mass is 445 g/mol. The number of nitrogens with zero attached hydrogens (tertiary/aromatic N) is 2. The molecule has 2 aliphatic rings. The second-order valence-electron chi connectivity index (χ2n) is 6.89. The van der Waals surface area contributed by atoms with E-state index in [0.717, 1.165) is 5.01 Å². The SMILES string of the molecule is COc1cc(CNC(=O)C2=NN(C3CCS(=O)(=O)C3)C(=O)CC2)ccc1OC(F)F. The molecule has 0 saturated carbocycles. The van der Waals surface area contributed by atoms with Crippen molar-refractivity contribution < 1.29 is 36.3 Å². The molecule has 12 heteroatoms. The third kappa shape index (κ3) is 5.23. The van der Waals surface area contributed by atoms with E-state index in [1.807, 2.05) is 0 Å². The summed E-state index contributed by atoms with van der Waals surface area (Å²) in [5, 5.41) is 7.86. The first kappa shape index (κ1) is 21.9. The zero-order valence-electron chi connectivity index (χ0n) is 16.1. The minimum Gasteiger partial charge on any atom is -0.493 e. The second-order valence-corrected chi connectivity index (χ2v) is 9.12. The van der Waals surface area contributed by atoms with Gasteiger partial charge in [-0.1, -0.05) is 6.07 Å². The zero-order valence-corrected chi connectivity index (χ0v) is 17.0. The molecule has 1 aromatic rings. The highest BCUT2D eigenvalue weighted by Gasteiger charge is 2.37. The average Bonchev–Trinajstić information content (AvgIpc) is 3.06. The molecule has 1 atom stereocenters. The maximum absolute atomic E-state index is 12.5. The van der Waals surface area contributed by atoms with Crippen LogP contribution in [0.2, 0.25) is 0 Å². The minimum atomic E-state index is -3.20. The summed E-state index contributed by atoms with van der Waals surface area (Å²) in [6.07, 6.45) is 0.501. The summed E-state index contributed by atoms with van der Waals surface area (Å²) in [7, 11) is -1.90. The van der Waals surface area contributed by atoms with E-state index in [2.05, 4.69) is 15.2 Å². The van der Waals surface area contributed by atoms with Crippen molar-refractivity contribution in [2.45, 2.75) is 38.5 Å². The zero-order chi connectivity index (χ0) is 21.9. The van der Waals surface area contributed by atoms with Crippen LogP contribution in [-0.2, 0) is 26.0 Å². The highest BCUT2D eigenvalue weighted by Crippen LogP contribution is 2.29. The van der Waals surface area contributed by atoms with Gasteiger partial charge < -0.3 is 14.8 Å². The van der Waals surface area contributed by atoms with Crippen molar-refractivity contribution in [3.05, 3.63) is 23.8 Å². The lowest BCUT2D eigenvalue weighted by molar-refractivity contribution is -0.133. The minimum absolute atomic E-state index is 0.00834. The molecule has 1 unspecified atom stereocenters. The van der Waals surface area contributed by atoms with Crippen LogP contribution in [0.25, 0.3) is 0 Å². The molecule has 30 heavy (non-hydrogen) atoms. The third-order valence-electron chi connectivity index (χ3n) is 4.77. The average molecular weight is 445 g/mol. The molecule has 9 nitrogen and oxygen atoms in total. The molecular weight excluding hydrogens is 424 g/mol. The molecule has 2 heterocycles. The number of halogens is 2. The van der Waals surface area contributed by atoms with E-state index in [0.29, 0.717) is 12.0 Å². The van der Waals surface area contributed by atoms with E-state index in [1.165, 1.54) is 25.3 Å². The van der Waals surface area contributed by atoms with E-state index in [-0.39, 0.29) is 54.0 Å². The number of hydrazone groups is 1. The number of alkyl halides is 2. The summed E-state index contributed by atoms with van der Waals surface area (Å²) in [5.74, 6) is -1.01. The largest absolute Gasteiger partial charge is 0.493 e. The molecule has 0 aliphatic carbocycles. The second kappa shape index (κ2) is 8.94. The van der Waals surface area contributed by atoms with Crippen molar-refractivity contribution in [3.63, 3.8) is 0 Å². The smallest absolute Gasteiger partial charge is 0.387 e. The van der Waals surface area contributed by atoms with Crippen molar-refractivity contribution in [3.8, 4) is 11.5 Å². The number of sulfone groups is 1. The van der Waals surface area contributed by atoms with E-state index >= 15 is 0 Å². The Morgan fingerprint density at radius 2 is 2.10 bits per heavy atom. The van der Waals surface area contributed by atoms with E-state index in [1.54, 1.807) is 0 Å². The van der Waals surface area contributed by atoms with Crippen molar-refractivity contribution >= 4 is 27.4 Å². The number of benzene rings is 1. The van der Waals surface area contributed by atoms with Gasteiger partial charge in [-0.05, 0) is 24.1 Å². The van der Waals surface area contributed by atoms with Crippen LogP contribution in [0.1, 0.15) is 24.8 Å². The van der Waals surface area contributed by atoms with Crippen molar-refractivity contribution in [2.24, 2.45) is 5.10 Å². The lowest BCUT2D eigenvalue weighted by atomic mass is 10.1. The molecule has 164 valence electrons. The third-order valence-corrected chi connectivity index (χ3v) is 6.52. The molecule has 0 aromatic heterocycles. The first-order valence-corrected chi connectivity index (χ1v) is 11.0. The highest BCUT2D eigenvalue weighted by atomic mass is 32.2. The van der Waals surface area contributed by atoms with Crippen molar-refractivity contribution in [1.29, 1.82) is 0 Å². The molecule has 2 aliphatic heterocycles. The Morgan fingerprint density at radius 1 is 1.33 bits per heavy atom. The van der Waals surface area contributed by atoms with Crippen molar-refractivity contribution in [1.82, 2.24) is 10.3 Å². The molecule has 1 N–H and O–H groups in total. The maximum Gasteiger partial charge on any atom is 0.387 e. The van der Waals surface area contributed by atoms with Crippen LogP contribution in [-0.4, -0.2) is 62.2 Å². The topological polar surface area (TPSA) is 114 Å². The van der Waals surface area contributed by atoms with Gasteiger partial charge >= 0.3 is 6.61 Å². The van der Waals surface area contributed by atoms with Gasteiger partial charge in [-0.15, -0.1) is 0 Å². The van der Waals surface area contributed by atoms with Gasteiger partial charge in [0.15, 0.2) is 21.3 Å². The predicted octanol–water partition coefficient (Wildman–Crippen LogP) is 1.08. The summed E-state index contributed by atoms with van der Waals surface area (Å²) >= 11 is 0. The van der Waals surface area contributed by atoms with Crippen LogP contribution in [0.4, 0.5) is 8.78 Å². The lowest BCUT2D eigenvalue weighted by Gasteiger charge is -2.27. The standard InChI is InChI=1S/C18H21F2N3O6S/c1-28-15-8-11(2-4-14(15)29-18(19)20)9-21-17(25)13-3-5-16(24)23(22-13)12-6-7-30(26,27)10-12/h2,4,8,12,18H,3,5-7,9-10H2,1H3,(H,21,25). The Labute approximate surface area is 171 Å². The van der Waals surface area contributed by atoms with Crippen molar-refractivity contribution in [2.75, 3.05) is 18.6 Å². The van der Waals surface area contributed by atoms with Gasteiger partial charge in [0, 0.05) is 19.4 Å². The van der Waals surface area contributed by atoms with Crippen LogP contribution in [0.3, 0.4) is 0 Å². The maximum atomic E-state index is 12.5. The highest BCUT2D eigenvalue weighted by molar-refractivity contribution is 7.91. The van der Waals surface area contributed by atoms with Gasteiger partial charge in [0.1, 0.15) is 5.71 Å². The summed E-state index contributed by atoms with van der Waals surface area (Å²) in [6.45, 7) is -2.93. The number of carbonyl (C=O) groups excluding carboxylic acids is 2. The molecule has 3 rings (SSSR count). The molecule has 0 bridgehead atoms. The number of hydrogen-bond donors (Lipinski definition) is 1. The molecule has 0 radical (unpaired) electrons. The Hall–Kier alpha value is -2.76. The molecular formula is C18H21F2N3O6S. The fraction of sp³-hybridized carbons (Fsp3) is 0.500. The number of amides is 2. The van der Waals surface area contributed by atoms with Gasteiger partial charge in [-0.25, -0.2) is 13.4 Å². The summed E-state index contributed by atoms with van der Waals surface area (Å²) < 4.78 is 57.5. The Kier molecular flexibility index (Phi) is 6.54. The molecule has 0 spiro atoms. The molecule has 1 aromatic carbocycles. The van der Waals surface area contributed by atoms with Gasteiger partial charge in [0.05, 0.1) is 24.7 Å². The van der Waals surface area contributed by atoms with Crippen LogP contribution >= 0.6 is 0 Å². The van der Waals surface area contributed by atoms with Gasteiger partial charge in [-0.3, -0.25) is 9.59 Å². The first-order chi connectivity index (χ1) is 14.2. The number of carbonyl (C=O) groups is 2. The predicted molar refractivity (Wildman–Crippen MR) is 102 cm³/mol. The van der Waals surface area contributed by atoms with E-state index < -0.39 is 28.4 Å². The quantitative estimate of drug-likeness (QED) is 0.672. The van der Waals surface area contributed by atoms with E-state index in [9.17, 15) is 26.8 Å². The Balaban J connectivity index is 1.65. The number of hydrogen-bond acceptors (Lipinski definition) is 7. The van der Waals surface area contributed by atoms with Gasteiger partial charge in [0.25, 0.3) is 5.91 Å². The lowest BCUT2D eigenvalue weighted by Crippen LogP contribution is -2.43. The van der Waals surface area contributed by atoms with Crippen LogP contribution in [0, 0.1) is 0 Å². The fourth-order valence-corrected chi connectivity index (χ4v) is 4.98. The molecule has 1 saturated heterocycles. The summed E-state index contributed by atoms with van der Waals surface area (Å²) in [4.78, 5) is 24.6. The van der Waals surface area contributed by atoms with Gasteiger partial charge in [-0.2, -0.15) is 13.9 Å². The summed E-state index contributed by atoms with van der Waals surface area (Å²) in [5.41, 5.74) is 0.705. The number of methoxy groups -OCH3 is 1.